The lowest BCUT2D eigenvalue weighted by molar-refractivity contribution is -0.227. The van der Waals surface area contributed by atoms with Crippen molar-refractivity contribution in [1.29, 1.82) is 0 Å². The molecule has 0 saturated heterocycles. The number of ether oxygens (including phenoxy) is 3. The summed E-state index contributed by atoms with van der Waals surface area (Å²) in [4.78, 5) is 2.86. The minimum absolute atomic E-state index is 0.174. The largest absolute Gasteiger partial charge is 0.378 e. The van der Waals surface area contributed by atoms with Gasteiger partial charge in [-0.15, -0.1) is 0 Å². The van der Waals surface area contributed by atoms with E-state index in [0.29, 0.717) is 78.9 Å². The molecule has 0 aromatic heterocycles. The van der Waals surface area contributed by atoms with E-state index in [4.69, 9.17) is 31.4 Å². The number of hydrogen-bond acceptors (Lipinski definition) is 7. The first-order valence-electron chi connectivity index (χ1n) is 25.0. The monoisotopic (exact) mass is 789 g/mol. The predicted octanol–water partition coefficient (Wildman–Crippen LogP) is 10.5. The van der Waals surface area contributed by atoms with Gasteiger partial charge in [0, 0.05) is 25.2 Å². The Labute approximate surface area is 347 Å². The van der Waals surface area contributed by atoms with Crippen molar-refractivity contribution in [2.75, 3.05) is 59.1 Å². The normalized spacial score (nSPS) is 33.4. The van der Waals surface area contributed by atoms with Crippen LogP contribution in [-0.4, -0.2) is 82.3 Å². The summed E-state index contributed by atoms with van der Waals surface area (Å²) < 4.78 is 20.6. The zero-order chi connectivity index (χ0) is 40.2. The minimum atomic E-state index is 0.174. The molecular formula is C49H96N4O3. The van der Waals surface area contributed by atoms with Crippen LogP contribution in [0, 0.1) is 46.3 Å². The van der Waals surface area contributed by atoms with Gasteiger partial charge < -0.3 is 36.3 Å². The molecule has 0 radical (unpaired) electrons. The first-order chi connectivity index (χ1) is 27.3. The lowest BCUT2D eigenvalue weighted by atomic mass is 9.43. The SMILES string of the molecule is CCCCCCCCN(CCCCCCCC)CCC[C@@H](C)[C@H]1CC[C@H]2C3C(OCCCN)CC4C[C@H](OCCCN)CCC4(C)[C@H]3C[C@H](OCCCN)[C@]12C. The van der Waals surface area contributed by atoms with Crippen LogP contribution < -0.4 is 17.2 Å². The van der Waals surface area contributed by atoms with E-state index in [-0.39, 0.29) is 5.41 Å². The van der Waals surface area contributed by atoms with Gasteiger partial charge in [-0.2, -0.15) is 0 Å². The van der Waals surface area contributed by atoms with Crippen LogP contribution in [0.15, 0.2) is 0 Å². The quantitative estimate of drug-likeness (QED) is 0.0600. The number of rotatable bonds is 31. The lowest BCUT2D eigenvalue weighted by Crippen LogP contribution is -2.63. The van der Waals surface area contributed by atoms with Gasteiger partial charge in [0.15, 0.2) is 0 Å². The second-order valence-electron chi connectivity index (χ2n) is 20.0. The fraction of sp³-hybridized carbons (Fsp3) is 1.00. The van der Waals surface area contributed by atoms with Crippen molar-refractivity contribution in [3.05, 3.63) is 0 Å². The fourth-order valence-electron chi connectivity index (χ4n) is 13.0. The van der Waals surface area contributed by atoms with Crippen molar-refractivity contribution < 1.29 is 14.2 Å². The molecule has 0 spiro atoms. The maximum absolute atomic E-state index is 7.13. The third kappa shape index (κ3) is 13.4. The molecule has 4 aliphatic rings. The Morgan fingerprint density at radius 1 is 0.607 bits per heavy atom. The van der Waals surface area contributed by atoms with E-state index in [0.717, 1.165) is 45.5 Å². The molecule has 4 fully saturated rings. The lowest BCUT2D eigenvalue weighted by Gasteiger charge is -2.65. The number of unbranched alkanes of at least 4 members (excludes halogenated alkanes) is 10. The molecule has 11 atom stereocenters. The summed E-state index contributed by atoms with van der Waals surface area (Å²) in [6, 6.07) is 0. The molecule has 0 bridgehead atoms. The van der Waals surface area contributed by atoms with Gasteiger partial charge in [0.25, 0.3) is 0 Å². The number of nitrogens with two attached hydrogens (primary N) is 3. The van der Waals surface area contributed by atoms with Crippen LogP contribution in [0.1, 0.15) is 189 Å². The van der Waals surface area contributed by atoms with Gasteiger partial charge in [0.2, 0.25) is 0 Å². The summed E-state index contributed by atoms with van der Waals surface area (Å²) in [5, 5.41) is 0. The molecule has 7 heteroatoms. The molecule has 4 saturated carbocycles. The molecule has 0 aromatic carbocycles. The highest BCUT2D eigenvalue weighted by molar-refractivity contribution is 5.15. The van der Waals surface area contributed by atoms with Crippen molar-refractivity contribution in [2.24, 2.45) is 63.5 Å². The molecule has 56 heavy (non-hydrogen) atoms. The average molecular weight is 789 g/mol. The summed E-state index contributed by atoms with van der Waals surface area (Å²) in [6.07, 6.45) is 31.8. The van der Waals surface area contributed by atoms with E-state index in [1.54, 1.807) is 0 Å². The third-order valence-corrected chi connectivity index (χ3v) is 16.3. The van der Waals surface area contributed by atoms with Crippen molar-refractivity contribution in [3.63, 3.8) is 0 Å². The fourth-order valence-corrected chi connectivity index (χ4v) is 13.0. The van der Waals surface area contributed by atoms with E-state index in [1.807, 2.05) is 0 Å². The molecule has 4 unspecified atom stereocenters. The van der Waals surface area contributed by atoms with E-state index in [9.17, 15) is 0 Å². The molecular weight excluding hydrogens is 693 g/mol. The van der Waals surface area contributed by atoms with E-state index in [1.165, 1.54) is 148 Å². The van der Waals surface area contributed by atoms with Crippen molar-refractivity contribution in [3.8, 4) is 0 Å². The summed E-state index contributed by atoms with van der Waals surface area (Å²) in [5.74, 6) is 3.91. The summed E-state index contributed by atoms with van der Waals surface area (Å²) >= 11 is 0. The van der Waals surface area contributed by atoms with Gasteiger partial charge in [0.1, 0.15) is 0 Å². The van der Waals surface area contributed by atoms with Crippen LogP contribution in [0.4, 0.5) is 0 Å². The van der Waals surface area contributed by atoms with Crippen LogP contribution in [0.5, 0.6) is 0 Å². The molecule has 4 aliphatic carbocycles. The van der Waals surface area contributed by atoms with E-state index >= 15 is 0 Å². The third-order valence-electron chi connectivity index (χ3n) is 16.3. The second-order valence-corrected chi connectivity index (χ2v) is 20.0. The Hall–Kier alpha value is -0.280. The number of fused-ring (bicyclic) bond motifs is 5. The van der Waals surface area contributed by atoms with Crippen LogP contribution >= 0.6 is 0 Å². The van der Waals surface area contributed by atoms with Gasteiger partial charge in [-0.1, -0.05) is 98.8 Å². The molecule has 0 amide bonds. The Balaban J connectivity index is 1.47. The Morgan fingerprint density at radius 2 is 1.18 bits per heavy atom. The predicted molar refractivity (Wildman–Crippen MR) is 238 cm³/mol. The molecule has 0 aliphatic heterocycles. The molecule has 0 heterocycles. The standard InChI is InChI=1S/C49H96N4O3/c1-6-8-10-12-14-16-30-53(31-17-15-13-11-9-7-2)32-18-22-39(3)42-23-24-43-47-44(38-46(49(42,43)5)56-35-21-29-52)48(4)26-25-41(54-33-19-27-50)36-40(48)37-45(47)55-34-20-28-51/h39-47H,6-38,50-52H2,1-5H3/t39-,40?,41-,42-,43+,44+,45?,46+,47?,48?,49-/m1/s1. The highest BCUT2D eigenvalue weighted by Crippen LogP contribution is 2.69. The van der Waals surface area contributed by atoms with Gasteiger partial charge in [-0.05, 0) is 170 Å². The maximum atomic E-state index is 7.13. The molecule has 4 rings (SSSR count). The van der Waals surface area contributed by atoms with Crippen LogP contribution in [0.3, 0.4) is 0 Å². The Kier molecular flexibility index (Phi) is 22.6. The van der Waals surface area contributed by atoms with Crippen LogP contribution in [-0.2, 0) is 14.2 Å². The van der Waals surface area contributed by atoms with E-state index < -0.39 is 0 Å². The first kappa shape index (κ1) is 48.4. The summed E-state index contributed by atoms with van der Waals surface area (Å²) in [6.45, 7) is 21.0. The maximum Gasteiger partial charge on any atom is 0.0637 e. The van der Waals surface area contributed by atoms with Crippen molar-refractivity contribution in [2.45, 2.75) is 207 Å². The van der Waals surface area contributed by atoms with Gasteiger partial charge in [-0.3, -0.25) is 0 Å². The Morgan fingerprint density at radius 3 is 1.80 bits per heavy atom. The highest BCUT2D eigenvalue weighted by Gasteiger charge is 2.66. The molecule has 6 N–H and O–H groups in total. The van der Waals surface area contributed by atoms with E-state index in [2.05, 4.69) is 39.5 Å². The molecule has 0 aromatic rings. The van der Waals surface area contributed by atoms with Crippen LogP contribution in [0.25, 0.3) is 0 Å². The second kappa shape index (κ2) is 26.1. The minimum Gasteiger partial charge on any atom is -0.378 e. The zero-order valence-electron chi connectivity index (χ0n) is 37.9. The smallest absolute Gasteiger partial charge is 0.0637 e. The number of nitrogens with zero attached hydrogens (tertiary/aromatic N) is 1. The zero-order valence-corrected chi connectivity index (χ0v) is 37.9. The Bertz CT molecular complexity index is 1000. The van der Waals surface area contributed by atoms with Gasteiger partial charge in [-0.25, -0.2) is 0 Å². The van der Waals surface area contributed by atoms with Gasteiger partial charge >= 0.3 is 0 Å². The van der Waals surface area contributed by atoms with Gasteiger partial charge in [0.05, 0.1) is 18.3 Å². The van der Waals surface area contributed by atoms with Crippen LogP contribution in [0.2, 0.25) is 0 Å². The first-order valence-corrected chi connectivity index (χ1v) is 25.0. The van der Waals surface area contributed by atoms with Crippen molar-refractivity contribution in [1.82, 2.24) is 4.90 Å². The average Bonchev–Trinajstić information content (AvgIpc) is 3.56. The summed E-state index contributed by atoms with van der Waals surface area (Å²) in [5.41, 5.74) is 18.4. The number of hydrogen-bond donors (Lipinski definition) is 3. The van der Waals surface area contributed by atoms with Crippen molar-refractivity contribution >= 4 is 0 Å². The summed E-state index contributed by atoms with van der Waals surface area (Å²) in [7, 11) is 0. The molecule has 7 nitrogen and oxygen atoms in total. The molecule has 330 valence electrons. The topological polar surface area (TPSA) is 109 Å². The highest BCUT2D eigenvalue weighted by atomic mass is 16.5.